The molecule has 4 rings (SSSR count). The highest BCUT2D eigenvalue weighted by molar-refractivity contribution is 7.60. The maximum Gasteiger partial charge on any atom is 0.356 e. The maximum absolute atomic E-state index is 11.7. The second-order valence-corrected chi connectivity index (χ2v) is 7.72. The molecule has 0 saturated heterocycles. The number of nitrogens with zero attached hydrogens (tertiary/aromatic N) is 3. The summed E-state index contributed by atoms with van der Waals surface area (Å²) >= 11 is 0. The molecular weight excluding hydrogens is 363 g/mol. The number of anilines is 2. The van der Waals surface area contributed by atoms with Crippen LogP contribution >= 0.6 is 7.60 Å². The van der Waals surface area contributed by atoms with Gasteiger partial charge in [-0.25, -0.2) is 4.98 Å². The van der Waals surface area contributed by atoms with E-state index in [0.29, 0.717) is 5.56 Å². The van der Waals surface area contributed by atoms with Crippen LogP contribution in [0.4, 0.5) is 11.5 Å². The van der Waals surface area contributed by atoms with E-state index in [2.05, 4.69) is 15.4 Å². The van der Waals surface area contributed by atoms with Crippen LogP contribution in [0.3, 0.4) is 0 Å². The molecule has 0 atom stereocenters. The van der Waals surface area contributed by atoms with E-state index in [1.165, 1.54) is 6.07 Å². The first-order valence-electron chi connectivity index (χ1n) is 8.26. The molecule has 0 fully saturated rings. The highest BCUT2D eigenvalue weighted by Crippen LogP contribution is 2.38. The molecule has 2 aromatic heterocycles. The van der Waals surface area contributed by atoms with E-state index < -0.39 is 7.60 Å². The highest BCUT2D eigenvalue weighted by atomic mass is 31.2. The van der Waals surface area contributed by atoms with Crippen LogP contribution in [0.1, 0.15) is 5.69 Å². The second kappa shape index (κ2) is 6.63. The smallest absolute Gasteiger partial charge is 0.340 e. The van der Waals surface area contributed by atoms with Crippen LogP contribution < -0.4 is 10.6 Å². The number of aromatic nitrogens is 3. The van der Waals surface area contributed by atoms with Gasteiger partial charge in [0.15, 0.2) is 5.65 Å². The predicted octanol–water partition coefficient (Wildman–Crippen LogP) is 3.25. The quantitative estimate of drug-likeness (QED) is 0.470. The molecular formula is C19H17N4O3P. The van der Waals surface area contributed by atoms with Gasteiger partial charge in [0.1, 0.15) is 5.82 Å². The van der Waals surface area contributed by atoms with Crippen molar-refractivity contribution in [2.45, 2.75) is 6.92 Å². The van der Waals surface area contributed by atoms with Crippen LogP contribution in [-0.4, -0.2) is 24.4 Å². The van der Waals surface area contributed by atoms with Gasteiger partial charge in [-0.2, -0.15) is 9.61 Å². The van der Waals surface area contributed by atoms with Crippen LogP contribution in [0.2, 0.25) is 0 Å². The van der Waals surface area contributed by atoms with Gasteiger partial charge in [-0.1, -0.05) is 30.3 Å². The van der Waals surface area contributed by atoms with Gasteiger partial charge in [0.25, 0.3) is 0 Å². The first-order chi connectivity index (χ1) is 12.9. The summed E-state index contributed by atoms with van der Waals surface area (Å²) in [6.45, 7) is 1.92. The average Bonchev–Trinajstić information content (AvgIpc) is 3.10. The standard InChI is InChI=1S/C19H17N4O3P/c1-13-12-19(23-18(21-13)10-11-20-23)22-15-8-6-14(7-9-15)16-4-2-3-5-17(16)27(24,25)26/h2-12,22H,1H3,(H2,24,25,26). The Balaban J connectivity index is 1.68. The molecule has 0 aliphatic heterocycles. The van der Waals surface area contributed by atoms with Gasteiger partial charge < -0.3 is 15.1 Å². The van der Waals surface area contributed by atoms with Gasteiger partial charge in [-0.15, -0.1) is 0 Å². The van der Waals surface area contributed by atoms with Crippen molar-refractivity contribution < 1.29 is 14.4 Å². The first kappa shape index (κ1) is 17.4. The molecule has 0 aliphatic carbocycles. The molecule has 8 heteroatoms. The van der Waals surface area contributed by atoms with Gasteiger partial charge in [0, 0.05) is 23.5 Å². The van der Waals surface area contributed by atoms with Crippen molar-refractivity contribution in [1.29, 1.82) is 0 Å². The Bertz CT molecular complexity index is 1170. The van der Waals surface area contributed by atoms with Crippen molar-refractivity contribution in [2.24, 2.45) is 0 Å². The molecule has 2 aromatic carbocycles. The van der Waals surface area contributed by atoms with E-state index in [1.807, 2.05) is 43.3 Å². The Labute approximate surface area is 155 Å². The third-order valence-corrected chi connectivity index (χ3v) is 5.19. The van der Waals surface area contributed by atoms with Crippen LogP contribution in [0.15, 0.2) is 66.9 Å². The van der Waals surface area contributed by atoms with E-state index in [-0.39, 0.29) is 5.30 Å². The van der Waals surface area contributed by atoms with Crippen LogP contribution in [0.25, 0.3) is 16.8 Å². The molecule has 3 N–H and O–H groups in total. The Hall–Kier alpha value is -2.99. The van der Waals surface area contributed by atoms with Crippen molar-refractivity contribution >= 4 is 30.1 Å². The van der Waals surface area contributed by atoms with Crippen molar-refractivity contribution in [2.75, 3.05) is 5.32 Å². The zero-order chi connectivity index (χ0) is 19.0. The summed E-state index contributed by atoms with van der Waals surface area (Å²) in [4.78, 5) is 23.6. The molecule has 0 unspecified atom stereocenters. The number of fused-ring (bicyclic) bond motifs is 1. The topological polar surface area (TPSA) is 99.8 Å². The third-order valence-electron chi connectivity index (χ3n) is 4.17. The molecule has 0 amide bonds. The monoisotopic (exact) mass is 380 g/mol. The number of benzene rings is 2. The van der Waals surface area contributed by atoms with Crippen molar-refractivity contribution in [3.8, 4) is 11.1 Å². The lowest BCUT2D eigenvalue weighted by atomic mass is 10.1. The van der Waals surface area contributed by atoms with Crippen LogP contribution in [0, 0.1) is 6.92 Å². The molecule has 2 heterocycles. The molecule has 0 aliphatic rings. The number of hydrogen-bond acceptors (Lipinski definition) is 4. The molecule has 27 heavy (non-hydrogen) atoms. The summed E-state index contributed by atoms with van der Waals surface area (Å²) < 4.78 is 13.4. The zero-order valence-electron chi connectivity index (χ0n) is 14.4. The van der Waals surface area contributed by atoms with E-state index in [9.17, 15) is 14.4 Å². The lowest BCUT2D eigenvalue weighted by molar-refractivity contribution is 0.387. The van der Waals surface area contributed by atoms with E-state index in [1.54, 1.807) is 28.9 Å². The van der Waals surface area contributed by atoms with Gasteiger partial charge in [0.05, 0.1) is 11.5 Å². The van der Waals surface area contributed by atoms with E-state index in [0.717, 1.165) is 28.4 Å². The van der Waals surface area contributed by atoms with Gasteiger partial charge in [-0.3, -0.25) is 4.57 Å². The van der Waals surface area contributed by atoms with Crippen molar-refractivity contribution in [1.82, 2.24) is 14.6 Å². The number of aryl methyl sites for hydroxylation is 1. The molecule has 0 spiro atoms. The van der Waals surface area contributed by atoms with Crippen LogP contribution in [0.5, 0.6) is 0 Å². The maximum atomic E-state index is 11.7. The molecule has 0 radical (unpaired) electrons. The number of nitrogens with one attached hydrogen (secondary N) is 1. The Kier molecular flexibility index (Phi) is 4.28. The fraction of sp³-hybridized carbons (Fsp3) is 0.0526. The third kappa shape index (κ3) is 3.48. The zero-order valence-corrected chi connectivity index (χ0v) is 15.3. The molecule has 7 nitrogen and oxygen atoms in total. The van der Waals surface area contributed by atoms with Gasteiger partial charge >= 0.3 is 7.60 Å². The summed E-state index contributed by atoms with van der Waals surface area (Å²) in [6, 6.07) is 17.6. The Morgan fingerprint density at radius 3 is 2.52 bits per heavy atom. The molecule has 136 valence electrons. The number of hydrogen-bond donors (Lipinski definition) is 3. The van der Waals surface area contributed by atoms with Crippen LogP contribution in [-0.2, 0) is 4.57 Å². The normalized spacial score (nSPS) is 11.7. The Morgan fingerprint density at radius 1 is 1.04 bits per heavy atom. The SMILES string of the molecule is Cc1cc(Nc2ccc(-c3ccccc3P(=O)(O)O)cc2)n2nccc2n1. The fourth-order valence-corrected chi connectivity index (χ4v) is 3.78. The molecule has 4 aromatic rings. The number of rotatable bonds is 4. The Morgan fingerprint density at radius 2 is 1.78 bits per heavy atom. The lowest BCUT2D eigenvalue weighted by Crippen LogP contribution is -2.07. The summed E-state index contributed by atoms with van der Waals surface area (Å²) in [6.07, 6.45) is 1.69. The average molecular weight is 380 g/mol. The summed E-state index contributed by atoms with van der Waals surface area (Å²) in [5, 5.41) is 7.59. The minimum Gasteiger partial charge on any atom is -0.340 e. The van der Waals surface area contributed by atoms with Gasteiger partial charge in [0.2, 0.25) is 0 Å². The second-order valence-electron chi connectivity index (χ2n) is 6.15. The van der Waals surface area contributed by atoms with E-state index >= 15 is 0 Å². The van der Waals surface area contributed by atoms with Gasteiger partial charge in [-0.05, 0) is 36.2 Å². The minimum absolute atomic E-state index is 0.0220. The summed E-state index contributed by atoms with van der Waals surface area (Å²) in [5.41, 5.74) is 3.71. The largest absolute Gasteiger partial charge is 0.356 e. The summed E-state index contributed by atoms with van der Waals surface area (Å²) in [7, 11) is -4.35. The predicted molar refractivity (Wildman–Crippen MR) is 105 cm³/mol. The molecule has 0 saturated carbocycles. The summed E-state index contributed by atoms with van der Waals surface area (Å²) in [5.74, 6) is 0.783. The minimum atomic E-state index is -4.35. The molecule has 0 bridgehead atoms. The van der Waals surface area contributed by atoms with Crippen molar-refractivity contribution in [3.63, 3.8) is 0 Å². The van der Waals surface area contributed by atoms with Crippen molar-refractivity contribution in [3.05, 3.63) is 72.6 Å². The highest BCUT2D eigenvalue weighted by Gasteiger charge is 2.21. The fourth-order valence-electron chi connectivity index (χ4n) is 2.98. The first-order valence-corrected chi connectivity index (χ1v) is 9.87. The lowest BCUT2D eigenvalue weighted by Gasteiger charge is -2.13. The van der Waals surface area contributed by atoms with E-state index in [4.69, 9.17) is 0 Å².